The average molecular weight is 204 g/mol. The van der Waals surface area contributed by atoms with Crippen LogP contribution in [0.5, 0.6) is 0 Å². The van der Waals surface area contributed by atoms with E-state index in [1.165, 1.54) is 6.92 Å². The Morgan fingerprint density at radius 2 is 1.86 bits per heavy atom. The lowest BCUT2D eigenvalue weighted by Crippen LogP contribution is -2.45. The van der Waals surface area contributed by atoms with Crippen molar-refractivity contribution in [3.8, 4) is 0 Å². The maximum Gasteiger partial charge on any atom is 0.441 e. The molecule has 0 aromatic rings. The van der Waals surface area contributed by atoms with Crippen LogP contribution in [0.4, 0.5) is 4.79 Å². The number of hydrogen-bond acceptors (Lipinski definition) is 5. The summed E-state index contributed by atoms with van der Waals surface area (Å²) in [4.78, 5) is 22.1. The molecule has 0 saturated carbocycles. The van der Waals surface area contributed by atoms with Crippen LogP contribution >= 0.6 is 0 Å². The van der Waals surface area contributed by atoms with Crippen LogP contribution in [0.3, 0.4) is 0 Å². The molecule has 3 N–H and O–H groups in total. The predicted octanol–water partition coefficient (Wildman–Crippen LogP) is 0.486. The normalized spacial score (nSPS) is 13.3. The second-order valence-electron chi connectivity index (χ2n) is 3.92. The van der Waals surface area contributed by atoms with Crippen molar-refractivity contribution < 1.29 is 19.5 Å². The summed E-state index contributed by atoms with van der Waals surface area (Å²) < 4.78 is 4.73. The fourth-order valence-electron chi connectivity index (χ4n) is 0.588. The second kappa shape index (κ2) is 4.39. The van der Waals surface area contributed by atoms with Gasteiger partial charge in [0.1, 0.15) is 5.60 Å². The van der Waals surface area contributed by atoms with E-state index in [0.717, 1.165) is 0 Å². The number of nitrogens with two attached hydrogens (primary N) is 1. The predicted molar refractivity (Wildman–Crippen MR) is 48.5 cm³/mol. The molecule has 14 heavy (non-hydrogen) atoms. The molecule has 0 aromatic heterocycles. The first kappa shape index (κ1) is 12.9. The Bertz CT molecular complexity index is 232. The first-order chi connectivity index (χ1) is 6.15. The van der Waals surface area contributed by atoms with Gasteiger partial charge in [-0.05, 0) is 27.7 Å². The monoisotopic (exact) mass is 204 g/mol. The Kier molecular flexibility index (Phi) is 4.03. The minimum absolute atomic E-state index is 0.115. The molecule has 82 valence electrons. The fraction of sp³-hybridized carbons (Fsp3) is 0.750. The van der Waals surface area contributed by atoms with E-state index < -0.39 is 23.6 Å². The van der Waals surface area contributed by atoms with Crippen LogP contribution in [-0.2, 0) is 9.53 Å². The zero-order valence-electron chi connectivity index (χ0n) is 8.77. The summed E-state index contributed by atoms with van der Waals surface area (Å²) in [7, 11) is 0. The molecule has 0 rings (SSSR count). The van der Waals surface area contributed by atoms with Gasteiger partial charge in [0, 0.05) is 0 Å². The van der Waals surface area contributed by atoms with Crippen LogP contribution < -0.4 is 5.73 Å². The van der Waals surface area contributed by atoms with Gasteiger partial charge in [0.05, 0.1) is 6.04 Å². The number of hydrogen-bond donors (Lipinski definition) is 2. The molecule has 0 fully saturated rings. The quantitative estimate of drug-likeness (QED) is 0.479. The molecule has 0 unspecified atom stereocenters. The maximum absolute atomic E-state index is 11.1. The van der Waals surface area contributed by atoms with Crippen LogP contribution in [-0.4, -0.2) is 33.9 Å². The third-order valence-electron chi connectivity index (χ3n) is 1.16. The lowest BCUT2D eigenvalue weighted by Gasteiger charge is -2.22. The Morgan fingerprint density at radius 3 is 2.14 bits per heavy atom. The molecule has 0 aliphatic heterocycles. The summed E-state index contributed by atoms with van der Waals surface area (Å²) in [6.07, 6.45) is -1.13. The number of ether oxygens (including phenoxy) is 1. The number of carbonyl (C=O) groups is 2. The minimum atomic E-state index is -1.13. The summed E-state index contributed by atoms with van der Waals surface area (Å²) in [6, 6.07) is -0.951. The molecule has 2 amide bonds. The summed E-state index contributed by atoms with van der Waals surface area (Å²) in [6.45, 7) is 6.22. The van der Waals surface area contributed by atoms with Crippen LogP contribution in [0.15, 0.2) is 0 Å². The minimum Gasteiger partial charge on any atom is -0.442 e. The van der Waals surface area contributed by atoms with E-state index in [2.05, 4.69) is 0 Å². The molecular formula is C8H16N2O4. The van der Waals surface area contributed by atoms with Crippen LogP contribution in [0, 0.1) is 0 Å². The molecule has 0 spiro atoms. The topological polar surface area (TPSA) is 92.9 Å². The molecule has 1 atom stereocenters. The first-order valence-corrected chi connectivity index (χ1v) is 4.16. The SMILES string of the molecule is C[C@H](N)C(=O)N(O)C(=O)OC(C)(C)C. The Balaban J connectivity index is 4.34. The zero-order chi connectivity index (χ0) is 11.5. The molecule has 0 aliphatic rings. The van der Waals surface area contributed by atoms with Gasteiger partial charge >= 0.3 is 6.09 Å². The lowest BCUT2D eigenvalue weighted by atomic mass is 10.2. The highest BCUT2D eigenvalue weighted by atomic mass is 16.6. The van der Waals surface area contributed by atoms with E-state index in [9.17, 15) is 9.59 Å². The van der Waals surface area contributed by atoms with Crippen molar-refractivity contribution in [1.29, 1.82) is 0 Å². The van der Waals surface area contributed by atoms with Crippen molar-refractivity contribution in [2.24, 2.45) is 5.73 Å². The van der Waals surface area contributed by atoms with E-state index >= 15 is 0 Å². The number of carbonyl (C=O) groups excluding carboxylic acids is 2. The van der Waals surface area contributed by atoms with Gasteiger partial charge in [-0.1, -0.05) is 0 Å². The van der Waals surface area contributed by atoms with Gasteiger partial charge in [-0.25, -0.2) is 4.79 Å². The van der Waals surface area contributed by atoms with Crippen molar-refractivity contribution in [2.45, 2.75) is 39.3 Å². The average Bonchev–Trinajstić information content (AvgIpc) is 1.98. The summed E-state index contributed by atoms with van der Waals surface area (Å²) in [5.41, 5.74) is 4.41. The smallest absolute Gasteiger partial charge is 0.441 e. The van der Waals surface area contributed by atoms with Crippen LogP contribution in [0.2, 0.25) is 0 Å². The molecule has 0 saturated heterocycles. The van der Waals surface area contributed by atoms with Gasteiger partial charge in [0.25, 0.3) is 5.91 Å². The number of imide groups is 1. The number of amides is 2. The first-order valence-electron chi connectivity index (χ1n) is 4.16. The van der Waals surface area contributed by atoms with Crippen molar-refractivity contribution in [2.75, 3.05) is 0 Å². The summed E-state index contributed by atoms with van der Waals surface area (Å²) in [5, 5.41) is 8.93. The molecule has 6 heteroatoms. The van der Waals surface area contributed by atoms with E-state index in [1.54, 1.807) is 20.8 Å². The maximum atomic E-state index is 11.1. The molecule has 0 bridgehead atoms. The van der Waals surface area contributed by atoms with E-state index in [4.69, 9.17) is 15.7 Å². The van der Waals surface area contributed by atoms with E-state index in [-0.39, 0.29) is 5.06 Å². The zero-order valence-corrected chi connectivity index (χ0v) is 8.77. The van der Waals surface area contributed by atoms with E-state index in [0.29, 0.717) is 0 Å². The molecule has 0 aliphatic carbocycles. The lowest BCUT2D eigenvalue weighted by molar-refractivity contribution is -0.161. The van der Waals surface area contributed by atoms with Crippen molar-refractivity contribution in [3.63, 3.8) is 0 Å². The van der Waals surface area contributed by atoms with Crippen molar-refractivity contribution in [3.05, 3.63) is 0 Å². The number of rotatable bonds is 1. The van der Waals surface area contributed by atoms with Crippen molar-refractivity contribution >= 4 is 12.0 Å². The van der Waals surface area contributed by atoms with Gasteiger partial charge in [-0.15, -0.1) is 5.06 Å². The van der Waals surface area contributed by atoms with Crippen LogP contribution in [0.1, 0.15) is 27.7 Å². The Labute approximate surface area is 82.6 Å². The van der Waals surface area contributed by atoms with Gasteiger partial charge in [0.2, 0.25) is 0 Å². The van der Waals surface area contributed by atoms with Crippen LogP contribution in [0.25, 0.3) is 0 Å². The Hall–Kier alpha value is -1.14. The highest BCUT2D eigenvalue weighted by Gasteiger charge is 2.27. The third-order valence-corrected chi connectivity index (χ3v) is 1.16. The van der Waals surface area contributed by atoms with Crippen molar-refractivity contribution in [1.82, 2.24) is 5.06 Å². The molecule has 0 radical (unpaired) electrons. The molecule has 6 nitrogen and oxygen atoms in total. The Morgan fingerprint density at radius 1 is 1.43 bits per heavy atom. The van der Waals surface area contributed by atoms with Gasteiger partial charge < -0.3 is 10.5 Å². The van der Waals surface area contributed by atoms with E-state index in [1.807, 2.05) is 0 Å². The van der Waals surface area contributed by atoms with Gasteiger partial charge in [-0.2, -0.15) is 0 Å². The standard InChI is InChI=1S/C8H16N2O4/c1-5(9)6(11)10(13)7(12)14-8(2,3)4/h5,13H,9H2,1-4H3/t5-/m0/s1. The van der Waals surface area contributed by atoms with Gasteiger partial charge in [0.15, 0.2) is 0 Å². The van der Waals surface area contributed by atoms with Gasteiger partial charge in [-0.3, -0.25) is 10.0 Å². The number of hydroxylamine groups is 2. The highest BCUT2D eigenvalue weighted by molar-refractivity contribution is 5.93. The molecule has 0 aromatic carbocycles. The summed E-state index contributed by atoms with van der Waals surface area (Å²) >= 11 is 0. The summed E-state index contributed by atoms with van der Waals surface area (Å²) in [5.74, 6) is -0.903. The third kappa shape index (κ3) is 4.20. The highest BCUT2D eigenvalue weighted by Crippen LogP contribution is 2.09. The molecular weight excluding hydrogens is 188 g/mol. The number of nitrogens with zero attached hydrogens (tertiary/aromatic N) is 1. The second-order valence-corrected chi connectivity index (χ2v) is 3.92. The molecule has 0 heterocycles. The largest absolute Gasteiger partial charge is 0.442 e. The fourth-order valence-corrected chi connectivity index (χ4v) is 0.588.